The molecule has 8 nitrogen and oxygen atoms in total. The zero-order valence-electron chi connectivity index (χ0n) is 21.1. The Hall–Kier alpha value is -3.64. The fraction of sp³-hybridized carbons (Fsp3) is 0.370. The monoisotopic (exact) mass is 579 g/mol. The highest BCUT2D eigenvalue weighted by Gasteiger charge is 2.46. The minimum atomic E-state index is -4.85. The maximum atomic E-state index is 14.4. The Kier molecular flexibility index (Phi) is 7.49. The van der Waals surface area contributed by atoms with Crippen LogP contribution in [0.4, 0.5) is 29.3 Å². The number of aromatic nitrogens is 2. The van der Waals surface area contributed by atoms with Crippen LogP contribution in [0.25, 0.3) is 11.1 Å². The van der Waals surface area contributed by atoms with Crippen molar-refractivity contribution in [1.29, 1.82) is 0 Å². The van der Waals surface area contributed by atoms with Crippen LogP contribution in [0.15, 0.2) is 48.5 Å². The van der Waals surface area contributed by atoms with Crippen LogP contribution in [0.2, 0.25) is 5.02 Å². The van der Waals surface area contributed by atoms with E-state index >= 15 is 0 Å². The van der Waals surface area contributed by atoms with E-state index in [9.17, 15) is 27.5 Å². The summed E-state index contributed by atoms with van der Waals surface area (Å²) in [6, 6.07) is 9.64. The van der Waals surface area contributed by atoms with Crippen LogP contribution in [-0.4, -0.2) is 52.9 Å². The number of nitrogens with two attached hydrogens (primary N) is 1. The number of rotatable bonds is 6. The van der Waals surface area contributed by atoms with E-state index in [0.717, 1.165) is 12.1 Å². The molecule has 212 valence electrons. The van der Waals surface area contributed by atoms with E-state index < -0.39 is 30.1 Å². The average Bonchev–Trinajstić information content (AvgIpc) is 3.31. The topological polar surface area (TPSA) is 114 Å². The summed E-state index contributed by atoms with van der Waals surface area (Å²) in [5.41, 5.74) is 5.93. The second-order valence-corrected chi connectivity index (χ2v) is 10.6. The van der Waals surface area contributed by atoms with Crippen molar-refractivity contribution in [3.8, 4) is 17.0 Å². The first kappa shape index (κ1) is 27.9. The predicted molar refractivity (Wildman–Crippen MR) is 141 cm³/mol. The number of carboxylic acid groups (broad SMARTS) is 1. The van der Waals surface area contributed by atoms with Gasteiger partial charge >= 0.3 is 12.1 Å². The molecule has 0 amide bonds. The molecule has 0 aliphatic carbocycles. The fourth-order valence-corrected chi connectivity index (χ4v) is 5.57. The molecule has 0 unspecified atom stereocenters. The van der Waals surface area contributed by atoms with Crippen molar-refractivity contribution in [2.24, 2.45) is 5.41 Å². The van der Waals surface area contributed by atoms with Crippen LogP contribution in [-0.2, 0) is 4.79 Å². The molecular formula is C27H26ClF4N5O3. The van der Waals surface area contributed by atoms with Gasteiger partial charge < -0.3 is 25.8 Å². The third-order valence-corrected chi connectivity index (χ3v) is 7.74. The van der Waals surface area contributed by atoms with Crippen molar-refractivity contribution in [1.82, 2.24) is 15.3 Å². The molecule has 1 spiro atoms. The number of aliphatic carboxylic acids is 1. The quantitative estimate of drug-likeness (QED) is 0.340. The van der Waals surface area contributed by atoms with E-state index in [1.165, 1.54) is 36.4 Å². The number of benzene rings is 2. The zero-order valence-corrected chi connectivity index (χ0v) is 21.8. The van der Waals surface area contributed by atoms with Crippen LogP contribution in [0.5, 0.6) is 5.88 Å². The molecule has 2 aromatic carbocycles. The SMILES string of the molecule is Nc1nc(O[C@H](c2ccc(Cl)cc2-c2ccc(F)cc2)C(F)(F)F)cc(N2CCC3(CC2)CN[C@H](C(=O)O)C3)n1. The number of ether oxygens (including phenoxy) is 1. The molecule has 2 aliphatic rings. The maximum Gasteiger partial charge on any atom is 0.429 e. The van der Waals surface area contributed by atoms with Gasteiger partial charge in [0, 0.05) is 36.3 Å². The molecule has 13 heteroatoms. The van der Waals surface area contributed by atoms with Gasteiger partial charge in [0.2, 0.25) is 17.9 Å². The summed E-state index contributed by atoms with van der Waals surface area (Å²) in [6.07, 6.45) is -5.41. The summed E-state index contributed by atoms with van der Waals surface area (Å²) in [7, 11) is 0. The normalized spacial score (nSPS) is 19.5. The molecule has 2 fully saturated rings. The van der Waals surface area contributed by atoms with Gasteiger partial charge in [-0.1, -0.05) is 29.8 Å². The van der Waals surface area contributed by atoms with Crippen LogP contribution >= 0.6 is 11.6 Å². The number of piperidine rings is 1. The molecule has 2 aliphatic heterocycles. The zero-order chi connectivity index (χ0) is 28.7. The smallest absolute Gasteiger partial charge is 0.429 e. The second-order valence-electron chi connectivity index (χ2n) is 10.2. The van der Waals surface area contributed by atoms with Crippen molar-refractivity contribution in [3.05, 3.63) is 64.9 Å². The third kappa shape index (κ3) is 5.92. The fourth-order valence-electron chi connectivity index (χ4n) is 5.40. The van der Waals surface area contributed by atoms with Gasteiger partial charge in [-0.15, -0.1) is 0 Å². The molecule has 0 saturated carbocycles. The highest BCUT2D eigenvalue weighted by Crippen LogP contribution is 2.43. The average molecular weight is 580 g/mol. The lowest BCUT2D eigenvalue weighted by Gasteiger charge is -2.39. The number of hydrogen-bond donors (Lipinski definition) is 3. The molecule has 40 heavy (non-hydrogen) atoms. The van der Waals surface area contributed by atoms with Crippen molar-refractivity contribution in [2.45, 2.75) is 37.6 Å². The van der Waals surface area contributed by atoms with Crippen molar-refractivity contribution in [2.75, 3.05) is 30.3 Å². The standard InChI is InChI=1S/C27H26ClF4N5O3/c28-16-3-6-18(19(11-16)15-1-4-17(29)5-2-15)23(27(30,31)32)40-22-12-21(35-25(33)36-22)37-9-7-26(8-10-37)13-20(24(38)39)34-14-26/h1-6,11-12,20,23,34H,7-10,13-14H2,(H,38,39)(H2,33,35,36)/t20-,23+/m0/s1. The molecule has 0 bridgehead atoms. The van der Waals surface area contributed by atoms with Gasteiger partial charge in [0.15, 0.2) is 0 Å². The lowest BCUT2D eigenvalue weighted by Crippen LogP contribution is -2.41. The second kappa shape index (κ2) is 10.7. The Bertz CT molecular complexity index is 1400. The lowest BCUT2D eigenvalue weighted by atomic mass is 9.76. The van der Waals surface area contributed by atoms with Crippen LogP contribution < -0.4 is 20.7 Å². The van der Waals surface area contributed by atoms with Crippen molar-refractivity contribution in [3.63, 3.8) is 0 Å². The number of carboxylic acids is 1. The van der Waals surface area contributed by atoms with E-state index in [4.69, 9.17) is 22.1 Å². The van der Waals surface area contributed by atoms with Gasteiger partial charge in [-0.05, 0) is 60.1 Å². The molecule has 2 atom stereocenters. The summed E-state index contributed by atoms with van der Waals surface area (Å²) in [5.74, 6) is -1.72. The van der Waals surface area contributed by atoms with Crippen LogP contribution in [0.1, 0.15) is 30.9 Å². The molecule has 3 heterocycles. The van der Waals surface area contributed by atoms with E-state index in [2.05, 4.69) is 15.3 Å². The number of anilines is 2. The number of alkyl halides is 3. The van der Waals surface area contributed by atoms with Gasteiger partial charge in [-0.3, -0.25) is 4.79 Å². The minimum Gasteiger partial charge on any atom is -0.480 e. The highest BCUT2D eigenvalue weighted by atomic mass is 35.5. The lowest BCUT2D eigenvalue weighted by molar-refractivity contribution is -0.198. The number of nitrogens with one attached hydrogen (secondary N) is 1. The largest absolute Gasteiger partial charge is 0.480 e. The number of hydrogen-bond acceptors (Lipinski definition) is 7. The number of halogens is 5. The molecular weight excluding hydrogens is 554 g/mol. The number of nitrogen functional groups attached to an aromatic ring is 1. The molecule has 0 radical (unpaired) electrons. The first-order valence-corrected chi connectivity index (χ1v) is 12.9. The highest BCUT2D eigenvalue weighted by molar-refractivity contribution is 6.30. The Labute approximate surface area is 232 Å². The van der Waals surface area contributed by atoms with E-state index in [0.29, 0.717) is 50.3 Å². The van der Waals surface area contributed by atoms with Crippen molar-refractivity contribution >= 4 is 29.3 Å². The van der Waals surface area contributed by atoms with Gasteiger partial charge in [0.25, 0.3) is 0 Å². The Morgan fingerprint density at radius 3 is 2.48 bits per heavy atom. The number of carbonyl (C=O) groups is 1. The van der Waals surface area contributed by atoms with Gasteiger partial charge in [0.05, 0.1) is 0 Å². The Balaban J connectivity index is 1.41. The third-order valence-electron chi connectivity index (χ3n) is 7.50. The Morgan fingerprint density at radius 2 is 1.85 bits per heavy atom. The molecule has 5 rings (SSSR count). The maximum absolute atomic E-state index is 14.4. The van der Waals surface area contributed by atoms with Crippen LogP contribution in [0, 0.1) is 11.2 Å². The van der Waals surface area contributed by atoms with E-state index in [-0.39, 0.29) is 33.4 Å². The van der Waals surface area contributed by atoms with Crippen LogP contribution in [0.3, 0.4) is 0 Å². The molecule has 3 aromatic rings. The predicted octanol–water partition coefficient (Wildman–Crippen LogP) is 5.23. The van der Waals surface area contributed by atoms with Crippen molar-refractivity contribution < 1.29 is 32.2 Å². The summed E-state index contributed by atoms with van der Waals surface area (Å²) in [5, 5.41) is 12.6. The Morgan fingerprint density at radius 1 is 1.15 bits per heavy atom. The van der Waals surface area contributed by atoms with Gasteiger partial charge in [-0.2, -0.15) is 23.1 Å². The first-order chi connectivity index (χ1) is 18.9. The molecule has 4 N–H and O–H groups in total. The molecule has 1 aromatic heterocycles. The van der Waals surface area contributed by atoms with E-state index in [1.54, 1.807) is 0 Å². The summed E-state index contributed by atoms with van der Waals surface area (Å²) in [6.45, 7) is 1.61. The van der Waals surface area contributed by atoms with Gasteiger partial charge in [-0.25, -0.2) is 4.39 Å². The molecule has 2 saturated heterocycles. The number of nitrogens with zero attached hydrogens (tertiary/aromatic N) is 3. The van der Waals surface area contributed by atoms with E-state index in [1.807, 2.05) is 4.90 Å². The van der Waals surface area contributed by atoms with Gasteiger partial charge in [0.1, 0.15) is 17.7 Å². The summed E-state index contributed by atoms with van der Waals surface area (Å²) < 4.78 is 62.2. The summed E-state index contributed by atoms with van der Waals surface area (Å²) >= 11 is 6.10. The minimum absolute atomic E-state index is 0.128. The summed E-state index contributed by atoms with van der Waals surface area (Å²) in [4.78, 5) is 21.4. The first-order valence-electron chi connectivity index (χ1n) is 12.6.